The van der Waals surface area contributed by atoms with Crippen molar-refractivity contribution >= 4 is 11.7 Å². The van der Waals surface area contributed by atoms with E-state index in [1.165, 1.54) is 12.4 Å². The minimum Gasteiger partial charge on any atom is -0.377 e. The minimum atomic E-state index is -2.47. The van der Waals surface area contributed by atoms with Crippen LogP contribution >= 0.6 is 0 Å². The van der Waals surface area contributed by atoms with Gasteiger partial charge in [-0.3, -0.25) is 4.68 Å². The summed E-state index contributed by atoms with van der Waals surface area (Å²) in [6.07, 6.45) is 2.20. The first-order valence-electron chi connectivity index (χ1n) is 7.06. The van der Waals surface area contributed by atoms with Crippen LogP contribution in [0.2, 0.25) is 0 Å². The fourth-order valence-corrected chi connectivity index (χ4v) is 2.37. The molecule has 0 bridgehead atoms. The summed E-state index contributed by atoms with van der Waals surface area (Å²) < 4.78 is 31.1. The van der Waals surface area contributed by atoms with Crippen molar-refractivity contribution in [3.8, 4) is 0 Å². The molecule has 1 saturated heterocycles. The summed E-state index contributed by atoms with van der Waals surface area (Å²) in [7, 11) is 0. The molecule has 8 heteroatoms. The Labute approximate surface area is 122 Å². The lowest BCUT2D eigenvalue weighted by atomic mass is 10.1. The van der Waals surface area contributed by atoms with Crippen LogP contribution in [0.1, 0.15) is 19.8 Å². The van der Waals surface area contributed by atoms with Gasteiger partial charge in [-0.15, -0.1) is 0 Å². The van der Waals surface area contributed by atoms with Gasteiger partial charge >= 0.3 is 6.03 Å². The third kappa shape index (κ3) is 4.66. The number of hydrogen-bond donors (Lipinski definition) is 1. The minimum absolute atomic E-state index is 0.0658. The summed E-state index contributed by atoms with van der Waals surface area (Å²) in [5, 5.41) is 6.45. The average Bonchev–Trinajstić information content (AvgIpc) is 2.86. The van der Waals surface area contributed by atoms with Crippen molar-refractivity contribution in [2.45, 2.75) is 38.8 Å². The topological polar surface area (TPSA) is 59.4 Å². The molecular weight excluding hydrogens is 282 g/mol. The Morgan fingerprint density at radius 1 is 1.62 bits per heavy atom. The van der Waals surface area contributed by atoms with Gasteiger partial charge in [-0.05, 0) is 19.8 Å². The smallest absolute Gasteiger partial charge is 0.322 e. The van der Waals surface area contributed by atoms with E-state index in [0.717, 1.165) is 17.5 Å². The fraction of sp³-hybridized carbons (Fsp3) is 0.692. The number of likely N-dealkylation sites (tertiary alicyclic amines) is 1. The van der Waals surface area contributed by atoms with E-state index in [0.29, 0.717) is 25.4 Å². The highest BCUT2D eigenvalue weighted by molar-refractivity contribution is 5.89. The summed E-state index contributed by atoms with van der Waals surface area (Å²) in [5.74, 6) is 0. The third-order valence-electron chi connectivity index (χ3n) is 3.28. The number of rotatable bonds is 5. The van der Waals surface area contributed by atoms with Crippen LogP contribution in [0.15, 0.2) is 12.4 Å². The third-order valence-corrected chi connectivity index (χ3v) is 3.28. The van der Waals surface area contributed by atoms with Crippen molar-refractivity contribution in [3.05, 3.63) is 12.4 Å². The molecule has 2 rings (SSSR count). The highest BCUT2D eigenvalue weighted by Gasteiger charge is 2.24. The van der Waals surface area contributed by atoms with E-state index >= 15 is 0 Å². The van der Waals surface area contributed by atoms with Crippen molar-refractivity contribution in [3.63, 3.8) is 0 Å². The first kappa shape index (κ1) is 15.7. The molecule has 118 valence electrons. The van der Waals surface area contributed by atoms with Crippen LogP contribution in [0.25, 0.3) is 0 Å². The van der Waals surface area contributed by atoms with Crippen molar-refractivity contribution in [2.24, 2.45) is 0 Å². The number of halogens is 2. The van der Waals surface area contributed by atoms with E-state index in [1.807, 2.05) is 6.92 Å². The molecule has 6 nitrogen and oxygen atoms in total. The zero-order valence-electron chi connectivity index (χ0n) is 12.0. The van der Waals surface area contributed by atoms with Crippen molar-refractivity contribution < 1.29 is 18.3 Å². The molecule has 1 aromatic heterocycles. The second kappa shape index (κ2) is 7.35. The van der Waals surface area contributed by atoms with Gasteiger partial charge in [-0.1, -0.05) is 0 Å². The normalized spacial score (nSPS) is 19.0. The van der Waals surface area contributed by atoms with Crippen molar-refractivity contribution in [2.75, 3.05) is 25.0 Å². The van der Waals surface area contributed by atoms with Gasteiger partial charge in [0.1, 0.15) is 6.54 Å². The zero-order chi connectivity index (χ0) is 15.2. The molecule has 2 amide bonds. The molecule has 0 radical (unpaired) electrons. The lowest BCUT2D eigenvalue weighted by molar-refractivity contribution is 0.0181. The molecule has 21 heavy (non-hydrogen) atoms. The standard InChI is InChI=1S/C13H20F2N4O2/c1-2-21-11-4-3-5-18(8-11)13(20)17-10-6-16-19(7-10)9-12(14)15/h6-7,11-12H,2-5,8-9H2,1H3,(H,17,20). The van der Waals surface area contributed by atoms with Gasteiger partial charge < -0.3 is 15.0 Å². The van der Waals surface area contributed by atoms with Crippen LogP contribution < -0.4 is 5.32 Å². The molecule has 1 unspecified atom stereocenters. The molecule has 0 aromatic carbocycles. The van der Waals surface area contributed by atoms with E-state index in [2.05, 4.69) is 10.4 Å². The molecule has 1 atom stereocenters. The first-order chi connectivity index (χ1) is 10.1. The second-order valence-corrected chi connectivity index (χ2v) is 4.94. The largest absolute Gasteiger partial charge is 0.377 e. The molecule has 0 aliphatic carbocycles. The Morgan fingerprint density at radius 2 is 2.43 bits per heavy atom. The van der Waals surface area contributed by atoms with Crippen LogP contribution in [0.3, 0.4) is 0 Å². The number of piperidine rings is 1. The van der Waals surface area contributed by atoms with Crippen LogP contribution in [0.5, 0.6) is 0 Å². The summed E-state index contributed by atoms with van der Waals surface area (Å²) in [4.78, 5) is 13.8. The van der Waals surface area contributed by atoms with Gasteiger partial charge in [0.25, 0.3) is 6.43 Å². The van der Waals surface area contributed by atoms with Gasteiger partial charge in [0.15, 0.2) is 0 Å². The number of carbonyl (C=O) groups excluding carboxylic acids is 1. The number of amides is 2. The summed E-state index contributed by atoms with van der Waals surface area (Å²) in [5.41, 5.74) is 0.416. The molecular formula is C13H20F2N4O2. The highest BCUT2D eigenvalue weighted by atomic mass is 19.3. The monoisotopic (exact) mass is 302 g/mol. The maximum atomic E-state index is 12.2. The number of nitrogens with one attached hydrogen (secondary N) is 1. The van der Waals surface area contributed by atoms with Crippen molar-refractivity contribution in [1.29, 1.82) is 0 Å². The Balaban J connectivity index is 1.87. The maximum Gasteiger partial charge on any atom is 0.322 e. The van der Waals surface area contributed by atoms with E-state index in [9.17, 15) is 13.6 Å². The first-order valence-corrected chi connectivity index (χ1v) is 7.06. The van der Waals surface area contributed by atoms with Crippen LogP contribution in [0.4, 0.5) is 19.3 Å². The van der Waals surface area contributed by atoms with Crippen molar-refractivity contribution in [1.82, 2.24) is 14.7 Å². The van der Waals surface area contributed by atoms with E-state index < -0.39 is 13.0 Å². The molecule has 0 spiro atoms. The molecule has 1 aromatic rings. The lowest BCUT2D eigenvalue weighted by Gasteiger charge is -2.32. The number of anilines is 1. The van der Waals surface area contributed by atoms with E-state index in [-0.39, 0.29) is 12.1 Å². The summed E-state index contributed by atoms with van der Waals surface area (Å²) in [6, 6.07) is -0.254. The van der Waals surface area contributed by atoms with Crippen LogP contribution in [-0.4, -0.2) is 52.9 Å². The maximum absolute atomic E-state index is 12.2. The van der Waals surface area contributed by atoms with Crippen LogP contribution in [0, 0.1) is 0 Å². The van der Waals surface area contributed by atoms with E-state index in [4.69, 9.17) is 4.74 Å². The Hall–Kier alpha value is -1.70. The SMILES string of the molecule is CCOC1CCCN(C(=O)Nc2cnn(CC(F)F)c2)C1. The molecule has 1 aliphatic heterocycles. The summed E-state index contributed by atoms with van der Waals surface area (Å²) >= 11 is 0. The number of hydrogen-bond acceptors (Lipinski definition) is 3. The number of urea groups is 1. The molecule has 1 aliphatic rings. The Bertz CT molecular complexity index is 465. The predicted molar refractivity (Wildman–Crippen MR) is 73.5 cm³/mol. The molecule has 1 fully saturated rings. The number of ether oxygens (including phenoxy) is 1. The molecule has 2 heterocycles. The second-order valence-electron chi connectivity index (χ2n) is 4.94. The van der Waals surface area contributed by atoms with Crippen LogP contribution in [-0.2, 0) is 11.3 Å². The average molecular weight is 302 g/mol. The van der Waals surface area contributed by atoms with Gasteiger partial charge in [0.05, 0.1) is 18.0 Å². The Kier molecular flexibility index (Phi) is 5.49. The quantitative estimate of drug-likeness (QED) is 0.907. The van der Waals surface area contributed by atoms with Gasteiger partial charge in [-0.25, -0.2) is 13.6 Å². The Morgan fingerprint density at radius 3 is 3.14 bits per heavy atom. The summed E-state index contributed by atoms with van der Waals surface area (Å²) in [6.45, 7) is 3.29. The predicted octanol–water partition coefficient (Wildman–Crippen LogP) is 2.18. The number of alkyl halides is 2. The number of aromatic nitrogens is 2. The zero-order valence-corrected chi connectivity index (χ0v) is 12.0. The number of carbonyl (C=O) groups is 1. The van der Waals surface area contributed by atoms with Gasteiger partial charge in [0.2, 0.25) is 0 Å². The number of nitrogens with zero attached hydrogens (tertiary/aromatic N) is 3. The highest BCUT2D eigenvalue weighted by Crippen LogP contribution is 2.15. The fourth-order valence-electron chi connectivity index (χ4n) is 2.37. The lowest BCUT2D eigenvalue weighted by Crippen LogP contribution is -2.45. The van der Waals surface area contributed by atoms with Gasteiger partial charge in [0, 0.05) is 25.9 Å². The van der Waals surface area contributed by atoms with Gasteiger partial charge in [-0.2, -0.15) is 5.10 Å². The van der Waals surface area contributed by atoms with E-state index in [1.54, 1.807) is 4.90 Å². The molecule has 1 N–H and O–H groups in total. The molecule has 0 saturated carbocycles.